The van der Waals surface area contributed by atoms with Crippen LogP contribution in [0.2, 0.25) is 0 Å². The summed E-state index contributed by atoms with van der Waals surface area (Å²) in [6, 6.07) is 4.58. The van der Waals surface area contributed by atoms with Crippen molar-refractivity contribution in [2.75, 3.05) is 18.0 Å². The van der Waals surface area contributed by atoms with Crippen LogP contribution in [0, 0.1) is 0 Å². The molecular weight excluding hydrogens is 234 g/mol. The van der Waals surface area contributed by atoms with E-state index < -0.39 is 0 Å². The van der Waals surface area contributed by atoms with Gasteiger partial charge in [-0.2, -0.15) is 0 Å². The number of nitrogens with zero attached hydrogens (tertiary/aromatic N) is 1. The monoisotopic (exact) mass is 257 g/mol. The van der Waals surface area contributed by atoms with E-state index in [4.69, 9.17) is 0 Å². The van der Waals surface area contributed by atoms with Crippen molar-refractivity contribution in [3.63, 3.8) is 0 Å². The summed E-state index contributed by atoms with van der Waals surface area (Å²) >= 11 is 0. The average Bonchev–Trinajstić information content (AvgIpc) is 2.39. The number of aryl methyl sites for hydroxylation is 2. The van der Waals surface area contributed by atoms with Gasteiger partial charge in [0.25, 0.3) is 0 Å². The minimum atomic E-state index is -0.356. The number of carbonyl (C=O) groups excluding carboxylic acids is 1. The van der Waals surface area contributed by atoms with Crippen LogP contribution in [0.25, 0.3) is 0 Å². The van der Waals surface area contributed by atoms with E-state index in [2.05, 4.69) is 17.0 Å². The van der Waals surface area contributed by atoms with Crippen molar-refractivity contribution in [3.05, 3.63) is 28.8 Å². The molecule has 0 saturated carbocycles. The largest absolute Gasteiger partial charge is 0.371 e. The molecule has 19 heavy (non-hydrogen) atoms. The summed E-state index contributed by atoms with van der Waals surface area (Å²) < 4.78 is 0. The molecule has 2 heterocycles. The number of Topliss-reactive ketones (excluding diaryl/α,β-unsaturated/α-hetero) is 1. The lowest BCUT2D eigenvalue weighted by atomic mass is 9.77. The van der Waals surface area contributed by atoms with Gasteiger partial charge in [0.2, 0.25) is 0 Å². The summed E-state index contributed by atoms with van der Waals surface area (Å²) in [5.41, 5.74) is 5.27. The Morgan fingerprint density at radius 3 is 2.11 bits per heavy atom. The van der Waals surface area contributed by atoms with E-state index >= 15 is 0 Å². The lowest BCUT2D eigenvalue weighted by molar-refractivity contribution is -0.121. The first-order chi connectivity index (χ1) is 9.00. The first-order valence-electron chi connectivity index (χ1n) is 7.42. The van der Waals surface area contributed by atoms with Crippen LogP contribution in [-0.4, -0.2) is 18.9 Å². The highest BCUT2D eigenvalue weighted by Crippen LogP contribution is 2.38. The molecule has 102 valence electrons. The van der Waals surface area contributed by atoms with Crippen LogP contribution in [0.4, 0.5) is 5.69 Å². The predicted molar refractivity (Wildman–Crippen MR) is 79.0 cm³/mol. The van der Waals surface area contributed by atoms with Crippen molar-refractivity contribution in [2.45, 2.75) is 51.9 Å². The number of benzene rings is 1. The average molecular weight is 257 g/mol. The number of hydrogen-bond acceptors (Lipinski definition) is 2. The third kappa shape index (κ3) is 1.98. The van der Waals surface area contributed by atoms with Gasteiger partial charge in [0.1, 0.15) is 5.78 Å². The van der Waals surface area contributed by atoms with Crippen LogP contribution >= 0.6 is 0 Å². The Morgan fingerprint density at radius 2 is 1.63 bits per heavy atom. The van der Waals surface area contributed by atoms with Gasteiger partial charge < -0.3 is 4.90 Å². The van der Waals surface area contributed by atoms with Crippen molar-refractivity contribution >= 4 is 11.5 Å². The number of carbonyl (C=O) groups is 1. The molecule has 0 unspecified atom stereocenters. The van der Waals surface area contributed by atoms with Crippen LogP contribution in [0.5, 0.6) is 0 Å². The Bertz CT molecular complexity index is 499. The Morgan fingerprint density at radius 1 is 1.11 bits per heavy atom. The maximum atomic E-state index is 11.9. The van der Waals surface area contributed by atoms with Crippen molar-refractivity contribution in [1.82, 2.24) is 0 Å². The third-order valence-corrected chi connectivity index (χ3v) is 4.93. The molecule has 2 aliphatic rings. The van der Waals surface area contributed by atoms with Gasteiger partial charge in [0, 0.05) is 24.2 Å². The van der Waals surface area contributed by atoms with Gasteiger partial charge in [-0.1, -0.05) is 12.1 Å². The lowest BCUT2D eigenvalue weighted by Crippen LogP contribution is -2.35. The highest BCUT2D eigenvalue weighted by molar-refractivity contribution is 5.87. The number of rotatable bonds is 2. The Hall–Kier alpha value is -1.31. The molecule has 0 amide bonds. The number of anilines is 1. The molecular formula is C17H23NO. The van der Waals surface area contributed by atoms with Crippen molar-refractivity contribution in [2.24, 2.45) is 0 Å². The van der Waals surface area contributed by atoms with Crippen LogP contribution in [-0.2, 0) is 23.1 Å². The molecule has 2 nitrogen and oxygen atoms in total. The van der Waals surface area contributed by atoms with Gasteiger partial charge in [0.05, 0.1) is 0 Å². The maximum absolute atomic E-state index is 11.9. The van der Waals surface area contributed by atoms with E-state index in [0.29, 0.717) is 0 Å². The molecule has 0 aromatic heterocycles. The minimum absolute atomic E-state index is 0.253. The molecule has 0 fully saturated rings. The van der Waals surface area contributed by atoms with E-state index in [1.165, 1.54) is 61.2 Å². The van der Waals surface area contributed by atoms with Gasteiger partial charge >= 0.3 is 0 Å². The lowest BCUT2D eigenvalue weighted by Gasteiger charge is -2.38. The second-order valence-corrected chi connectivity index (χ2v) is 6.52. The zero-order valence-corrected chi connectivity index (χ0v) is 12.3. The standard InChI is InChI=1S/C17H23NO/c1-12(19)17(2,3)15-10-13-6-4-8-18-9-5-7-14(11-15)16(13)18/h10-11H,4-9H2,1-3H3. The fraction of sp³-hybridized carbons (Fsp3) is 0.588. The summed E-state index contributed by atoms with van der Waals surface area (Å²) in [5, 5.41) is 0. The summed E-state index contributed by atoms with van der Waals surface area (Å²) in [5.74, 6) is 0.253. The molecule has 0 N–H and O–H groups in total. The van der Waals surface area contributed by atoms with Crippen LogP contribution in [0.15, 0.2) is 12.1 Å². The van der Waals surface area contributed by atoms with E-state index in [9.17, 15) is 4.79 Å². The smallest absolute Gasteiger partial charge is 0.139 e. The van der Waals surface area contributed by atoms with Gasteiger partial charge in [0.15, 0.2) is 0 Å². The Labute approximate surface area is 115 Å². The van der Waals surface area contributed by atoms with E-state index in [1.807, 2.05) is 13.8 Å². The molecule has 0 spiro atoms. The second-order valence-electron chi connectivity index (χ2n) is 6.52. The molecule has 0 atom stereocenters. The Kier molecular flexibility index (Phi) is 2.92. The van der Waals surface area contributed by atoms with Gasteiger partial charge in [-0.05, 0) is 63.1 Å². The van der Waals surface area contributed by atoms with Crippen LogP contribution < -0.4 is 4.90 Å². The topological polar surface area (TPSA) is 20.3 Å². The molecule has 0 saturated heterocycles. The molecule has 0 radical (unpaired) electrons. The molecule has 0 aliphatic carbocycles. The normalized spacial score (nSPS) is 18.2. The van der Waals surface area contributed by atoms with Crippen molar-refractivity contribution < 1.29 is 4.79 Å². The van der Waals surface area contributed by atoms with Crippen molar-refractivity contribution in [1.29, 1.82) is 0 Å². The minimum Gasteiger partial charge on any atom is -0.371 e. The predicted octanol–water partition coefficient (Wildman–Crippen LogP) is 3.25. The molecule has 1 aromatic rings. The quantitative estimate of drug-likeness (QED) is 0.810. The fourth-order valence-electron chi connectivity index (χ4n) is 3.37. The van der Waals surface area contributed by atoms with E-state index in [0.717, 1.165) is 0 Å². The zero-order chi connectivity index (χ0) is 13.6. The van der Waals surface area contributed by atoms with Crippen LogP contribution in [0.3, 0.4) is 0 Å². The SMILES string of the molecule is CC(=O)C(C)(C)c1cc2c3c(c1)CCCN3CCC2. The molecule has 3 rings (SSSR count). The second kappa shape index (κ2) is 4.36. The van der Waals surface area contributed by atoms with Gasteiger partial charge in [-0.25, -0.2) is 0 Å². The first kappa shape index (κ1) is 12.7. The van der Waals surface area contributed by atoms with Gasteiger partial charge in [-0.15, -0.1) is 0 Å². The fourth-order valence-corrected chi connectivity index (χ4v) is 3.37. The molecule has 2 heteroatoms. The van der Waals surface area contributed by atoms with Gasteiger partial charge in [-0.3, -0.25) is 4.79 Å². The maximum Gasteiger partial charge on any atom is 0.139 e. The molecule has 1 aromatic carbocycles. The number of hydrogen-bond donors (Lipinski definition) is 0. The van der Waals surface area contributed by atoms with E-state index in [-0.39, 0.29) is 11.2 Å². The third-order valence-electron chi connectivity index (χ3n) is 4.93. The summed E-state index contributed by atoms with van der Waals surface area (Å²) in [6.45, 7) is 8.21. The van der Waals surface area contributed by atoms with Crippen LogP contribution in [0.1, 0.15) is 50.3 Å². The zero-order valence-electron chi connectivity index (χ0n) is 12.3. The van der Waals surface area contributed by atoms with E-state index in [1.54, 1.807) is 6.92 Å². The summed E-state index contributed by atoms with van der Waals surface area (Å²) in [4.78, 5) is 14.4. The highest BCUT2D eigenvalue weighted by Gasteiger charge is 2.30. The number of ketones is 1. The molecule has 2 aliphatic heterocycles. The highest BCUT2D eigenvalue weighted by atomic mass is 16.1. The summed E-state index contributed by atoms with van der Waals surface area (Å²) in [6.07, 6.45) is 4.83. The summed E-state index contributed by atoms with van der Waals surface area (Å²) in [7, 11) is 0. The molecule has 0 bridgehead atoms. The first-order valence-corrected chi connectivity index (χ1v) is 7.42. The Balaban J connectivity index is 2.13. The van der Waals surface area contributed by atoms with Crippen molar-refractivity contribution in [3.8, 4) is 0 Å².